The number of pyridine rings is 3. The van der Waals surface area contributed by atoms with Crippen molar-refractivity contribution < 1.29 is 0 Å². The predicted octanol–water partition coefficient (Wildman–Crippen LogP) is 9.64. The third-order valence-corrected chi connectivity index (χ3v) is 11.4. The Morgan fingerprint density at radius 3 is 2.00 bits per heavy atom. The molecular weight excluding hydrogens is 629 g/mol. The van der Waals surface area contributed by atoms with Gasteiger partial charge in [0.15, 0.2) is 0 Å². The van der Waals surface area contributed by atoms with Crippen molar-refractivity contribution >= 4 is 33.9 Å². The monoisotopic (exact) mass is 669 g/mol. The van der Waals surface area contributed by atoms with Crippen LogP contribution in [0.1, 0.15) is 81.6 Å². The van der Waals surface area contributed by atoms with Crippen LogP contribution in [0.25, 0.3) is 47.9 Å². The summed E-state index contributed by atoms with van der Waals surface area (Å²) in [4.78, 5) is 20.3. The van der Waals surface area contributed by atoms with E-state index in [4.69, 9.17) is 19.9 Å². The fourth-order valence-corrected chi connectivity index (χ4v) is 9.01. The second kappa shape index (κ2) is 11.8. The summed E-state index contributed by atoms with van der Waals surface area (Å²) in [6.07, 6.45) is 3.96. The zero-order valence-electron chi connectivity index (χ0n) is 27.5. The van der Waals surface area contributed by atoms with E-state index < -0.39 is 5.41 Å². The Hall–Kier alpha value is -4.38. The molecule has 0 radical (unpaired) electrons. The van der Waals surface area contributed by atoms with Crippen molar-refractivity contribution in [2.75, 3.05) is 0 Å². The van der Waals surface area contributed by atoms with Gasteiger partial charge in [0.2, 0.25) is 0 Å². The van der Waals surface area contributed by atoms with E-state index in [9.17, 15) is 0 Å². The van der Waals surface area contributed by atoms with Crippen LogP contribution in [0, 0.1) is 6.92 Å². The molecule has 5 heterocycles. The zero-order valence-corrected chi connectivity index (χ0v) is 29.2. The van der Waals surface area contributed by atoms with Crippen molar-refractivity contribution in [3.8, 4) is 28.5 Å². The van der Waals surface area contributed by atoms with Gasteiger partial charge in [0.05, 0.1) is 0 Å². The number of imidazole rings is 1. The second-order valence-corrected chi connectivity index (χ2v) is 15.3. The molecule has 0 fully saturated rings. The van der Waals surface area contributed by atoms with Crippen molar-refractivity contribution in [2.24, 2.45) is 0 Å². The minimum atomic E-state index is -0.437. The summed E-state index contributed by atoms with van der Waals surface area (Å²) in [5.41, 5.74) is 9.45. The number of hydrogen-bond donors (Lipinski definition) is 0. The normalized spacial score (nSPS) is 12.2. The van der Waals surface area contributed by atoms with Gasteiger partial charge in [-0.2, -0.15) is 0 Å². The van der Waals surface area contributed by atoms with Crippen molar-refractivity contribution in [3.63, 3.8) is 0 Å². The fourth-order valence-electron chi connectivity index (χ4n) is 6.41. The summed E-state index contributed by atoms with van der Waals surface area (Å²) < 4.78 is 4.80. The summed E-state index contributed by atoms with van der Waals surface area (Å²) in [6, 6.07) is 30.2. The number of benzene rings is 2. The van der Waals surface area contributed by atoms with Crippen LogP contribution in [0.15, 0.2) is 97.3 Å². The Kier molecular flexibility index (Phi) is 7.74. The molecule has 0 spiro atoms. The molecule has 0 aliphatic heterocycles. The molecule has 46 heavy (non-hydrogen) atoms. The number of hydrogen-bond acceptors (Lipinski definition) is 4. The first kappa shape index (κ1) is 30.3. The van der Waals surface area contributed by atoms with Crippen LogP contribution in [0.3, 0.4) is 0 Å². The zero-order chi connectivity index (χ0) is 32.2. The van der Waals surface area contributed by atoms with Gasteiger partial charge < -0.3 is 0 Å². The van der Waals surface area contributed by atoms with E-state index in [-0.39, 0.29) is 14.5 Å². The molecule has 7 aromatic rings. The third-order valence-electron chi connectivity index (χ3n) is 9.01. The van der Waals surface area contributed by atoms with Crippen LogP contribution in [0.4, 0.5) is 0 Å². The Balaban J connectivity index is 1.30. The Bertz CT molecular complexity index is 2190. The first-order valence-corrected chi connectivity index (χ1v) is 17.8. The molecule has 0 N–H and O–H groups in total. The van der Waals surface area contributed by atoms with Crippen LogP contribution in [-0.4, -0.2) is 39.0 Å². The molecule has 230 valence electrons. The SMILES string of the molecule is Cc1ccc2c(n1)[se]c1c(-c3cccc(C(C)(C)c4cccc(-c5nccn5-c5c(C(C)C)cccc5C(C)C)n4)n3)cccc12. The standard InChI is InChI=1S/C40H39N5Se/c1-24(2)27-12-8-13-28(25(3)4)36(27)45-23-22-41-38(45)33-17-11-19-35(44-33)40(6,7)34-18-10-16-32(43-34)31-15-9-14-29-30-21-20-26(5)42-39(30)46-37(29)31/h8-25H,1-7H3. The van der Waals surface area contributed by atoms with Gasteiger partial charge in [-0.1, -0.05) is 45.9 Å². The molecule has 2 aromatic carbocycles. The topological polar surface area (TPSA) is 56.5 Å². The van der Waals surface area contributed by atoms with E-state index in [1.165, 1.54) is 41.8 Å². The van der Waals surface area contributed by atoms with Crippen molar-refractivity contribution in [2.45, 2.75) is 65.7 Å². The maximum absolute atomic E-state index is 5.30. The predicted molar refractivity (Wildman–Crippen MR) is 191 cm³/mol. The van der Waals surface area contributed by atoms with Crippen LogP contribution in [-0.2, 0) is 5.41 Å². The van der Waals surface area contributed by atoms with Crippen molar-refractivity contribution in [3.05, 3.63) is 126 Å². The Morgan fingerprint density at radius 1 is 0.674 bits per heavy atom. The first-order chi connectivity index (χ1) is 22.1. The Labute approximate surface area is 277 Å². The summed E-state index contributed by atoms with van der Waals surface area (Å²) in [7, 11) is 0. The summed E-state index contributed by atoms with van der Waals surface area (Å²) in [5.74, 6) is 1.60. The average molecular weight is 669 g/mol. The molecule has 0 aliphatic carbocycles. The quantitative estimate of drug-likeness (QED) is 0.159. The van der Waals surface area contributed by atoms with E-state index in [0.717, 1.165) is 34.3 Å². The molecule has 6 heteroatoms. The van der Waals surface area contributed by atoms with Gasteiger partial charge in [-0.15, -0.1) is 0 Å². The summed E-state index contributed by atoms with van der Waals surface area (Å²) in [6.45, 7) is 15.5. The van der Waals surface area contributed by atoms with E-state index >= 15 is 0 Å². The van der Waals surface area contributed by atoms with Crippen LogP contribution >= 0.6 is 0 Å². The molecule has 0 aliphatic rings. The second-order valence-electron chi connectivity index (χ2n) is 13.2. The number of para-hydroxylation sites is 1. The average Bonchev–Trinajstić information content (AvgIpc) is 3.69. The molecule has 0 amide bonds. The molecule has 5 nitrogen and oxygen atoms in total. The van der Waals surface area contributed by atoms with Crippen LogP contribution in [0.2, 0.25) is 0 Å². The molecule has 0 saturated heterocycles. The maximum atomic E-state index is 5.30. The first-order valence-electron chi connectivity index (χ1n) is 16.0. The van der Waals surface area contributed by atoms with Crippen LogP contribution < -0.4 is 0 Å². The van der Waals surface area contributed by atoms with Gasteiger partial charge in [0.25, 0.3) is 0 Å². The third kappa shape index (κ3) is 5.20. The number of rotatable bonds is 7. The number of aromatic nitrogens is 5. The molecule has 0 atom stereocenters. The Morgan fingerprint density at radius 2 is 1.30 bits per heavy atom. The molecule has 0 bridgehead atoms. The van der Waals surface area contributed by atoms with Gasteiger partial charge in [-0.25, -0.2) is 0 Å². The van der Waals surface area contributed by atoms with Crippen molar-refractivity contribution in [1.29, 1.82) is 0 Å². The summed E-state index contributed by atoms with van der Waals surface area (Å²) in [5, 5.41) is 2.55. The van der Waals surface area contributed by atoms with Gasteiger partial charge in [0.1, 0.15) is 0 Å². The van der Waals surface area contributed by atoms with Gasteiger partial charge in [0, 0.05) is 0 Å². The van der Waals surface area contributed by atoms with Gasteiger partial charge >= 0.3 is 209 Å². The van der Waals surface area contributed by atoms with Crippen molar-refractivity contribution in [1.82, 2.24) is 24.5 Å². The minimum absolute atomic E-state index is 0.141. The van der Waals surface area contributed by atoms with Crippen LogP contribution in [0.5, 0.6) is 0 Å². The number of nitrogens with zero attached hydrogens (tertiary/aromatic N) is 5. The number of fused-ring (bicyclic) bond motifs is 3. The van der Waals surface area contributed by atoms with E-state index in [0.29, 0.717) is 11.8 Å². The van der Waals surface area contributed by atoms with E-state index in [1.807, 2.05) is 6.20 Å². The van der Waals surface area contributed by atoms with E-state index in [2.05, 4.69) is 144 Å². The summed E-state index contributed by atoms with van der Waals surface area (Å²) >= 11 is 0.141. The molecule has 5 aromatic heterocycles. The number of aryl methyl sites for hydroxylation is 1. The molecule has 0 saturated carbocycles. The van der Waals surface area contributed by atoms with Gasteiger partial charge in [-0.05, 0) is 23.0 Å². The van der Waals surface area contributed by atoms with Gasteiger partial charge in [-0.3, -0.25) is 0 Å². The molecular formula is C40H39N5Se. The fraction of sp³-hybridized carbons (Fsp3) is 0.250. The molecule has 0 unspecified atom stereocenters. The molecule has 7 rings (SSSR count). The van der Waals surface area contributed by atoms with E-state index in [1.54, 1.807) is 0 Å².